The molecule has 0 aliphatic carbocycles. The molecule has 1 saturated heterocycles. The van der Waals surface area contributed by atoms with Crippen LogP contribution in [0.5, 0.6) is 0 Å². The van der Waals surface area contributed by atoms with Crippen molar-refractivity contribution in [2.45, 2.75) is 30.8 Å². The molecule has 1 unspecified atom stereocenters. The van der Waals surface area contributed by atoms with Crippen LogP contribution in [0.1, 0.15) is 16.7 Å². The highest BCUT2D eigenvalue weighted by atomic mass is 32.2. The van der Waals surface area contributed by atoms with Crippen LogP contribution in [0.3, 0.4) is 0 Å². The highest BCUT2D eigenvalue weighted by Crippen LogP contribution is 2.31. The van der Waals surface area contributed by atoms with Crippen LogP contribution in [0.25, 0.3) is 10.9 Å². The molecule has 1 fully saturated rings. The van der Waals surface area contributed by atoms with Gasteiger partial charge in [0.05, 0.1) is 35.1 Å². The van der Waals surface area contributed by atoms with Gasteiger partial charge in [-0.3, -0.25) is 4.21 Å². The lowest BCUT2D eigenvalue weighted by Crippen LogP contribution is -2.61. The average molecular weight is 437 g/mol. The molecule has 6 nitrogen and oxygen atoms in total. The summed E-state index contributed by atoms with van der Waals surface area (Å²) in [6.45, 7) is 7.31. The molecule has 3 N–H and O–H groups in total. The lowest BCUT2D eigenvalue weighted by molar-refractivity contribution is -0.0461. The van der Waals surface area contributed by atoms with Gasteiger partial charge in [0.1, 0.15) is 5.82 Å². The van der Waals surface area contributed by atoms with Crippen LogP contribution in [0.15, 0.2) is 47.4 Å². The van der Waals surface area contributed by atoms with Crippen molar-refractivity contribution in [3.05, 3.63) is 59.2 Å². The van der Waals surface area contributed by atoms with Crippen LogP contribution in [0, 0.1) is 13.8 Å². The van der Waals surface area contributed by atoms with Crippen LogP contribution in [-0.2, 0) is 22.1 Å². The van der Waals surface area contributed by atoms with E-state index in [4.69, 9.17) is 15.5 Å². The van der Waals surface area contributed by atoms with Crippen molar-refractivity contribution in [1.82, 2.24) is 4.98 Å². The van der Waals surface area contributed by atoms with Crippen molar-refractivity contribution in [1.29, 1.82) is 0 Å². The number of fused-ring (bicyclic) bond motifs is 2. The minimum absolute atomic E-state index is 0.324. The number of rotatable bonds is 4. The van der Waals surface area contributed by atoms with Gasteiger partial charge < -0.3 is 20.7 Å². The van der Waals surface area contributed by atoms with Crippen LogP contribution in [0.4, 0.5) is 11.5 Å². The Labute approximate surface area is 185 Å². The molecule has 162 valence electrons. The van der Waals surface area contributed by atoms with Gasteiger partial charge >= 0.3 is 0 Å². The number of aromatic nitrogens is 1. The van der Waals surface area contributed by atoms with E-state index >= 15 is 0 Å². The van der Waals surface area contributed by atoms with Crippen molar-refractivity contribution in [3.8, 4) is 0 Å². The fourth-order valence-electron chi connectivity index (χ4n) is 4.16. The summed E-state index contributed by atoms with van der Waals surface area (Å²) in [5, 5.41) is 4.64. The monoisotopic (exact) mass is 436 g/mol. The number of hydrogen-bond acceptors (Lipinski definition) is 6. The minimum atomic E-state index is -0.997. The van der Waals surface area contributed by atoms with E-state index in [0.29, 0.717) is 38.6 Å². The lowest BCUT2D eigenvalue weighted by atomic mass is 9.99. The Hall–Kier alpha value is -2.48. The summed E-state index contributed by atoms with van der Waals surface area (Å²) in [7, 11) is -0.997. The maximum Gasteiger partial charge on any atom is 0.131 e. The topological polar surface area (TPSA) is 80.5 Å². The van der Waals surface area contributed by atoms with Crippen molar-refractivity contribution in [2.75, 3.05) is 42.3 Å². The minimum Gasteiger partial charge on any atom is -0.382 e. The zero-order valence-corrected chi connectivity index (χ0v) is 18.8. The summed E-state index contributed by atoms with van der Waals surface area (Å²) in [4.78, 5) is 8.15. The van der Waals surface area contributed by atoms with Gasteiger partial charge in [0.25, 0.3) is 0 Å². The number of aryl methyl sites for hydroxylation is 2. The second-order valence-corrected chi connectivity index (χ2v) is 10.4. The molecule has 0 saturated carbocycles. The summed E-state index contributed by atoms with van der Waals surface area (Å²) in [5.41, 5.74) is 11.4. The first kappa shape index (κ1) is 20.4. The number of pyridine rings is 1. The Kier molecular flexibility index (Phi) is 5.20. The Morgan fingerprint density at radius 3 is 2.71 bits per heavy atom. The van der Waals surface area contributed by atoms with Crippen molar-refractivity contribution in [3.63, 3.8) is 0 Å². The normalized spacial score (nSPS) is 20.1. The van der Waals surface area contributed by atoms with Gasteiger partial charge in [0.15, 0.2) is 0 Å². The number of nitrogens with one attached hydrogen (secondary N) is 1. The van der Waals surface area contributed by atoms with Crippen molar-refractivity contribution >= 4 is 33.2 Å². The smallest absolute Gasteiger partial charge is 0.131 e. The third-order valence-electron chi connectivity index (χ3n) is 6.06. The van der Waals surface area contributed by atoms with Crippen molar-refractivity contribution in [2.24, 2.45) is 5.73 Å². The van der Waals surface area contributed by atoms with E-state index in [1.807, 2.05) is 6.92 Å². The number of nitrogens with zero attached hydrogens (tertiary/aromatic N) is 2. The highest BCUT2D eigenvalue weighted by Gasteiger charge is 2.34. The second kappa shape index (κ2) is 7.89. The summed E-state index contributed by atoms with van der Waals surface area (Å²) >= 11 is 0. The molecule has 31 heavy (non-hydrogen) atoms. The molecule has 2 aliphatic heterocycles. The van der Waals surface area contributed by atoms with Crippen LogP contribution in [0.2, 0.25) is 0 Å². The summed E-state index contributed by atoms with van der Waals surface area (Å²) < 4.78 is 18.1. The fourth-order valence-corrected chi connectivity index (χ4v) is 5.51. The first-order valence-corrected chi connectivity index (χ1v) is 12.0. The molecule has 0 spiro atoms. The van der Waals surface area contributed by atoms with E-state index in [2.05, 4.69) is 59.6 Å². The maximum absolute atomic E-state index is 12.8. The van der Waals surface area contributed by atoms with E-state index in [0.717, 1.165) is 38.4 Å². The van der Waals surface area contributed by atoms with E-state index in [1.54, 1.807) is 0 Å². The Morgan fingerprint density at radius 2 is 1.94 bits per heavy atom. The van der Waals surface area contributed by atoms with E-state index in [1.165, 1.54) is 5.56 Å². The number of ether oxygens (including phenoxy) is 1. The first-order chi connectivity index (χ1) is 14.9. The number of benzene rings is 2. The quantitative estimate of drug-likeness (QED) is 0.654. The molecule has 7 heteroatoms. The Balaban J connectivity index is 1.52. The highest BCUT2D eigenvalue weighted by molar-refractivity contribution is 7.85. The van der Waals surface area contributed by atoms with E-state index < -0.39 is 10.8 Å². The predicted molar refractivity (Wildman–Crippen MR) is 126 cm³/mol. The molecule has 0 amide bonds. The molecule has 1 atom stereocenters. The van der Waals surface area contributed by atoms with Gasteiger partial charge in [0.2, 0.25) is 0 Å². The molecule has 2 aromatic carbocycles. The number of hydrogen-bond donors (Lipinski definition) is 2. The third kappa shape index (κ3) is 4.05. The predicted octanol–water partition coefficient (Wildman–Crippen LogP) is 3.12. The molecule has 5 rings (SSSR count). The average Bonchev–Trinajstić information content (AvgIpc) is 2.89. The second-order valence-electron chi connectivity index (χ2n) is 8.84. The van der Waals surface area contributed by atoms with Crippen LogP contribution < -0.4 is 16.0 Å². The summed E-state index contributed by atoms with van der Waals surface area (Å²) in [6, 6.07) is 14.7. The Bertz CT molecular complexity index is 1180. The third-order valence-corrected chi connectivity index (χ3v) is 7.48. The van der Waals surface area contributed by atoms with Gasteiger partial charge in [-0.2, -0.15) is 0 Å². The SMILES string of the molecule is Cc1ccc2c(c1)S(=O)CCN(c1cc(NCC3(N)COC3)c3cc(C)ccc3n1)C2. The van der Waals surface area contributed by atoms with Gasteiger partial charge in [-0.05, 0) is 43.2 Å². The zero-order valence-electron chi connectivity index (χ0n) is 18.0. The molecular formula is C24H28N4O2S. The van der Waals surface area contributed by atoms with Gasteiger partial charge in [-0.25, -0.2) is 4.98 Å². The van der Waals surface area contributed by atoms with Crippen LogP contribution in [-0.4, -0.2) is 46.8 Å². The Morgan fingerprint density at radius 1 is 1.16 bits per heavy atom. The van der Waals surface area contributed by atoms with E-state index in [9.17, 15) is 4.21 Å². The molecule has 2 aliphatic rings. The van der Waals surface area contributed by atoms with Gasteiger partial charge in [0, 0.05) is 47.4 Å². The maximum atomic E-state index is 12.8. The summed E-state index contributed by atoms with van der Waals surface area (Å²) in [5.74, 6) is 1.48. The van der Waals surface area contributed by atoms with Gasteiger partial charge in [-0.1, -0.05) is 23.8 Å². The standard InChI is InChI=1S/C24H28N4O2S/c1-16-4-6-20-19(9-16)21(26-13-24(25)14-30-15-24)11-23(27-20)28-7-8-31(29)22-10-17(2)3-5-18(22)12-28/h3-6,9-11H,7-8,12-15,25H2,1-2H3,(H,26,27). The number of nitrogens with two attached hydrogens (primary N) is 1. The van der Waals surface area contributed by atoms with Crippen molar-refractivity contribution < 1.29 is 8.95 Å². The lowest BCUT2D eigenvalue weighted by Gasteiger charge is -2.38. The largest absolute Gasteiger partial charge is 0.382 e. The fraction of sp³-hybridized carbons (Fsp3) is 0.375. The zero-order chi connectivity index (χ0) is 21.6. The summed E-state index contributed by atoms with van der Waals surface area (Å²) in [6.07, 6.45) is 0. The van der Waals surface area contributed by atoms with Gasteiger partial charge in [-0.15, -0.1) is 0 Å². The molecule has 0 radical (unpaired) electrons. The molecule has 3 aromatic rings. The van der Waals surface area contributed by atoms with E-state index in [-0.39, 0.29) is 5.54 Å². The number of anilines is 2. The molecular weight excluding hydrogens is 408 g/mol. The first-order valence-electron chi connectivity index (χ1n) is 10.6. The molecule has 0 bridgehead atoms. The molecule has 3 heterocycles. The molecule has 1 aromatic heterocycles. The van der Waals surface area contributed by atoms with Crippen LogP contribution >= 0.6 is 0 Å².